The van der Waals surface area contributed by atoms with Crippen molar-refractivity contribution >= 4 is 40.7 Å². The van der Waals surface area contributed by atoms with E-state index >= 15 is 0 Å². The molecule has 1 N–H and O–H groups in total. The lowest BCUT2D eigenvalue weighted by Crippen LogP contribution is -2.40. The monoisotopic (exact) mass is 333 g/mol. The first-order valence-corrected chi connectivity index (χ1v) is 8.15. The molecule has 0 heterocycles. The van der Waals surface area contributed by atoms with E-state index in [-0.39, 0.29) is 11.3 Å². The van der Waals surface area contributed by atoms with Gasteiger partial charge in [-0.05, 0) is 25.0 Å². The molecule has 1 fully saturated rings. The summed E-state index contributed by atoms with van der Waals surface area (Å²) in [5.74, 6) is 0.347. The molecule has 1 aliphatic carbocycles. The van der Waals surface area contributed by atoms with Crippen LogP contribution in [0.4, 0.5) is 0 Å². The van der Waals surface area contributed by atoms with Crippen molar-refractivity contribution in [2.24, 2.45) is 5.41 Å². The molecule has 0 atom stereocenters. The van der Waals surface area contributed by atoms with Crippen LogP contribution >= 0.6 is 34.8 Å². The maximum Gasteiger partial charge on any atom is 0.254 e. The molecule has 1 aromatic rings. The minimum atomic E-state index is -0.226. The fourth-order valence-electron chi connectivity index (χ4n) is 2.73. The first kappa shape index (κ1) is 15.9. The van der Waals surface area contributed by atoms with E-state index in [0.717, 1.165) is 12.8 Å². The van der Waals surface area contributed by atoms with Gasteiger partial charge in [-0.15, -0.1) is 11.6 Å². The van der Waals surface area contributed by atoms with Crippen LogP contribution in [0.3, 0.4) is 0 Å². The summed E-state index contributed by atoms with van der Waals surface area (Å²) >= 11 is 18.2. The van der Waals surface area contributed by atoms with Gasteiger partial charge in [-0.1, -0.05) is 48.5 Å². The predicted molar refractivity (Wildman–Crippen MR) is 85.0 cm³/mol. The molecular formula is C15H18Cl3NO. The summed E-state index contributed by atoms with van der Waals surface area (Å²) in [4.78, 5) is 12.3. The van der Waals surface area contributed by atoms with Crippen LogP contribution in [-0.2, 0) is 0 Å². The number of nitrogens with one attached hydrogen (secondary N) is 1. The van der Waals surface area contributed by atoms with Gasteiger partial charge in [0.25, 0.3) is 5.91 Å². The average molecular weight is 335 g/mol. The lowest BCUT2D eigenvalue weighted by Gasteiger charge is -2.35. The largest absolute Gasteiger partial charge is 0.351 e. The van der Waals surface area contributed by atoms with Gasteiger partial charge in [-0.3, -0.25) is 4.79 Å². The molecule has 110 valence electrons. The van der Waals surface area contributed by atoms with Crippen LogP contribution in [0.1, 0.15) is 42.5 Å². The summed E-state index contributed by atoms with van der Waals surface area (Å²) in [6.07, 6.45) is 5.73. The number of hydrogen-bond donors (Lipinski definition) is 1. The van der Waals surface area contributed by atoms with Gasteiger partial charge in [-0.2, -0.15) is 0 Å². The van der Waals surface area contributed by atoms with Crippen molar-refractivity contribution in [2.75, 3.05) is 12.4 Å². The number of rotatable bonds is 4. The molecule has 20 heavy (non-hydrogen) atoms. The maximum absolute atomic E-state index is 12.3. The third-order valence-electron chi connectivity index (χ3n) is 4.01. The van der Waals surface area contributed by atoms with Crippen molar-refractivity contribution in [3.63, 3.8) is 0 Å². The zero-order valence-corrected chi connectivity index (χ0v) is 13.5. The van der Waals surface area contributed by atoms with Gasteiger partial charge in [0, 0.05) is 17.8 Å². The highest BCUT2D eigenvalue weighted by Gasteiger charge is 2.32. The summed E-state index contributed by atoms with van der Waals surface area (Å²) in [6.45, 7) is 0.580. The van der Waals surface area contributed by atoms with Crippen LogP contribution in [0.2, 0.25) is 10.0 Å². The van der Waals surface area contributed by atoms with Crippen LogP contribution in [0, 0.1) is 5.41 Å². The Morgan fingerprint density at radius 3 is 2.30 bits per heavy atom. The maximum atomic E-state index is 12.3. The lowest BCUT2D eigenvalue weighted by atomic mass is 9.75. The molecule has 0 spiro atoms. The quantitative estimate of drug-likeness (QED) is 0.779. The zero-order chi connectivity index (χ0) is 14.6. The van der Waals surface area contributed by atoms with E-state index in [1.54, 1.807) is 18.2 Å². The highest BCUT2D eigenvalue weighted by atomic mass is 35.5. The molecule has 0 aromatic heterocycles. The summed E-state index contributed by atoms with van der Waals surface area (Å²) in [5.41, 5.74) is 0.361. The molecule has 0 saturated heterocycles. The third-order valence-corrected chi connectivity index (χ3v) is 5.21. The van der Waals surface area contributed by atoms with Crippen molar-refractivity contribution < 1.29 is 4.79 Å². The third kappa shape index (κ3) is 3.60. The number of carbonyl (C=O) groups excluding carboxylic acids is 1. The first-order chi connectivity index (χ1) is 9.58. The van der Waals surface area contributed by atoms with Crippen LogP contribution in [0.15, 0.2) is 18.2 Å². The molecule has 1 aromatic carbocycles. The summed E-state index contributed by atoms with van der Waals surface area (Å²) in [5, 5.41) is 3.70. The second kappa shape index (κ2) is 7.02. The predicted octanol–water partition coefficient (Wildman–Crippen LogP) is 4.91. The zero-order valence-electron chi connectivity index (χ0n) is 11.2. The molecule has 2 nitrogen and oxygen atoms in total. The van der Waals surface area contributed by atoms with Crippen molar-refractivity contribution in [1.29, 1.82) is 0 Å². The van der Waals surface area contributed by atoms with Crippen LogP contribution in [-0.4, -0.2) is 18.3 Å². The van der Waals surface area contributed by atoms with Crippen LogP contribution in [0.5, 0.6) is 0 Å². The van der Waals surface area contributed by atoms with Crippen molar-refractivity contribution in [1.82, 2.24) is 5.32 Å². The van der Waals surface area contributed by atoms with Gasteiger partial charge in [-0.25, -0.2) is 0 Å². The molecule has 1 amide bonds. The van der Waals surface area contributed by atoms with Gasteiger partial charge >= 0.3 is 0 Å². The second-order valence-electron chi connectivity index (χ2n) is 5.47. The van der Waals surface area contributed by atoms with E-state index in [1.165, 1.54) is 19.3 Å². The molecule has 5 heteroatoms. The number of amides is 1. The molecule has 0 unspecified atom stereocenters. The van der Waals surface area contributed by atoms with Crippen molar-refractivity contribution in [3.8, 4) is 0 Å². The highest BCUT2D eigenvalue weighted by Crippen LogP contribution is 2.37. The second-order valence-corrected chi connectivity index (χ2v) is 6.56. The van der Waals surface area contributed by atoms with E-state index in [2.05, 4.69) is 5.32 Å². The number of hydrogen-bond acceptors (Lipinski definition) is 1. The molecule has 0 aliphatic heterocycles. The van der Waals surface area contributed by atoms with Crippen LogP contribution in [0.25, 0.3) is 0 Å². The fourth-order valence-corrected chi connectivity index (χ4v) is 3.66. The minimum absolute atomic E-state index is 0.0171. The van der Waals surface area contributed by atoms with Crippen LogP contribution < -0.4 is 5.32 Å². The van der Waals surface area contributed by atoms with E-state index in [1.807, 2.05) is 0 Å². The number of carbonyl (C=O) groups is 1. The smallest absolute Gasteiger partial charge is 0.254 e. The van der Waals surface area contributed by atoms with Gasteiger partial charge in [0.1, 0.15) is 0 Å². The standard InChI is InChI=1S/C15H18Cl3NO/c16-9-15(7-2-1-3-8-15)10-19-14(20)13-11(17)5-4-6-12(13)18/h4-6H,1-3,7-10H2,(H,19,20). The summed E-state index contributed by atoms with van der Waals surface area (Å²) in [6, 6.07) is 5.06. The van der Waals surface area contributed by atoms with E-state index < -0.39 is 0 Å². The summed E-state index contributed by atoms with van der Waals surface area (Å²) < 4.78 is 0. The Balaban J connectivity index is 2.04. The number of alkyl halides is 1. The van der Waals surface area contributed by atoms with E-state index in [0.29, 0.717) is 28.0 Å². The SMILES string of the molecule is O=C(NCC1(CCl)CCCCC1)c1c(Cl)cccc1Cl. The Morgan fingerprint density at radius 1 is 1.15 bits per heavy atom. The Labute approximate surface area is 134 Å². The Kier molecular flexibility index (Phi) is 5.59. The molecular weight excluding hydrogens is 317 g/mol. The van der Waals surface area contributed by atoms with Gasteiger partial charge in [0.2, 0.25) is 0 Å². The minimum Gasteiger partial charge on any atom is -0.351 e. The van der Waals surface area contributed by atoms with Crippen molar-refractivity contribution in [3.05, 3.63) is 33.8 Å². The topological polar surface area (TPSA) is 29.1 Å². The van der Waals surface area contributed by atoms with Gasteiger partial charge in [0.05, 0.1) is 15.6 Å². The molecule has 0 radical (unpaired) electrons. The normalized spacial score (nSPS) is 17.8. The van der Waals surface area contributed by atoms with Crippen molar-refractivity contribution in [2.45, 2.75) is 32.1 Å². The number of halogens is 3. The Morgan fingerprint density at radius 2 is 1.75 bits per heavy atom. The molecule has 0 bridgehead atoms. The Bertz CT molecular complexity index is 464. The molecule has 1 saturated carbocycles. The fraction of sp³-hybridized carbons (Fsp3) is 0.533. The van der Waals surface area contributed by atoms with E-state index in [4.69, 9.17) is 34.8 Å². The van der Waals surface area contributed by atoms with Gasteiger partial charge < -0.3 is 5.32 Å². The molecule has 1 aliphatic rings. The number of benzene rings is 1. The molecule has 2 rings (SSSR count). The van der Waals surface area contributed by atoms with E-state index in [9.17, 15) is 4.79 Å². The highest BCUT2D eigenvalue weighted by molar-refractivity contribution is 6.39. The lowest BCUT2D eigenvalue weighted by molar-refractivity contribution is 0.0921. The average Bonchev–Trinajstić information content (AvgIpc) is 2.46. The summed E-state index contributed by atoms with van der Waals surface area (Å²) in [7, 11) is 0. The Hall–Kier alpha value is -0.440. The van der Waals surface area contributed by atoms with Gasteiger partial charge in [0.15, 0.2) is 0 Å². The first-order valence-electron chi connectivity index (χ1n) is 6.86.